The van der Waals surface area contributed by atoms with Crippen molar-refractivity contribution in [3.05, 3.63) is 84.1 Å². The third-order valence-electron chi connectivity index (χ3n) is 4.44. The lowest BCUT2D eigenvalue weighted by Crippen LogP contribution is -2.48. The Morgan fingerprint density at radius 3 is 2.58 bits per heavy atom. The number of fused-ring (bicyclic) bond motifs is 1. The zero-order valence-corrected chi connectivity index (χ0v) is 13.8. The standard InChI is InChI=1S/C20H16F3N3/c21-20(22,23)17-8-4-9-18(12-17)25-13-16(15-6-2-1-3-7-15)14-26-19(25)10-5-11-24-26/h1-12,14,19H,13H2. The molecule has 1 atom stereocenters. The molecule has 3 nitrogen and oxygen atoms in total. The molecule has 0 radical (unpaired) electrons. The molecule has 2 heterocycles. The van der Waals surface area contributed by atoms with E-state index in [0.29, 0.717) is 12.2 Å². The third kappa shape index (κ3) is 3.10. The molecular weight excluding hydrogens is 339 g/mol. The van der Waals surface area contributed by atoms with Crippen LogP contribution in [0, 0.1) is 0 Å². The van der Waals surface area contributed by atoms with Crippen LogP contribution in [0.3, 0.4) is 0 Å². The topological polar surface area (TPSA) is 18.8 Å². The first kappa shape index (κ1) is 16.4. The Hall–Kier alpha value is -3.02. The van der Waals surface area contributed by atoms with Crippen molar-refractivity contribution in [2.75, 3.05) is 11.4 Å². The Kier molecular flexibility index (Phi) is 4.03. The van der Waals surface area contributed by atoms with Crippen molar-refractivity contribution >= 4 is 17.5 Å². The first-order valence-electron chi connectivity index (χ1n) is 8.21. The fraction of sp³-hybridized carbons (Fsp3) is 0.150. The number of rotatable bonds is 2. The van der Waals surface area contributed by atoms with Crippen LogP contribution >= 0.6 is 0 Å². The smallest absolute Gasteiger partial charge is 0.342 e. The molecule has 2 aromatic carbocycles. The second kappa shape index (κ2) is 6.37. The lowest BCUT2D eigenvalue weighted by Gasteiger charge is -2.42. The van der Waals surface area contributed by atoms with Crippen molar-refractivity contribution < 1.29 is 13.2 Å². The number of halogens is 3. The molecule has 0 amide bonds. The largest absolute Gasteiger partial charge is 0.416 e. The highest BCUT2D eigenvalue weighted by Gasteiger charge is 2.33. The SMILES string of the molecule is FC(F)(F)c1cccc(N2CC(c3ccccc3)=CN3N=CC=CC32)c1. The molecule has 6 heteroatoms. The maximum absolute atomic E-state index is 13.1. The van der Waals surface area contributed by atoms with E-state index in [4.69, 9.17) is 0 Å². The number of hydrazone groups is 1. The average Bonchev–Trinajstić information content (AvgIpc) is 2.67. The van der Waals surface area contributed by atoms with Crippen molar-refractivity contribution in [3.63, 3.8) is 0 Å². The highest BCUT2D eigenvalue weighted by molar-refractivity contribution is 5.76. The molecule has 1 unspecified atom stereocenters. The van der Waals surface area contributed by atoms with E-state index < -0.39 is 11.7 Å². The van der Waals surface area contributed by atoms with E-state index in [1.165, 1.54) is 12.1 Å². The molecule has 0 spiro atoms. The van der Waals surface area contributed by atoms with Gasteiger partial charge >= 0.3 is 6.18 Å². The summed E-state index contributed by atoms with van der Waals surface area (Å²) in [6.45, 7) is 0.492. The van der Waals surface area contributed by atoms with Crippen LogP contribution in [0.1, 0.15) is 11.1 Å². The van der Waals surface area contributed by atoms with Crippen LogP contribution in [0.2, 0.25) is 0 Å². The van der Waals surface area contributed by atoms with E-state index in [1.54, 1.807) is 17.3 Å². The summed E-state index contributed by atoms with van der Waals surface area (Å²) in [6.07, 6.45) is 2.73. The van der Waals surface area contributed by atoms with Crippen LogP contribution in [-0.4, -0.2) is 23.9 Å². The van der Waals surface area contributed by atoms with E-state index in [9.17, 15) is 13.2 Å². The average molecular weight is 355 g/mol. The predicted octanol–water partition coefficient (Wildman–Crippen LogP) is 4.75. The fourth-order valence-corrected chi connectivity index (χ4v) is 3.18. The van der Waals surface area contributed by atoms with Gasteiger partial charge in [-0.15, -0.1) is 0 Å². The van der Waals surface area contributed by atoms with Gasteiger partial charge in [0, 0.05) is 24.6 Å². The summed E-state index contributed by atoms with van der Waals surface area (Å²) in [7, 11) is 0. The summed E-state index contributed by atoms with van der Waals surface area (Å²) in [4.78, 5) is 1.92. The first-order valence-corrected chi connectivity index (χ1v) is 8.21. The molecule has 0 N–H and O–H groups in total. The van der Waals surface area contributed by atoms with Gasteiger partial charge in [0.2, 0.25) is 0 Å². The van der Waals surface area contributed by atoms with E-state index >= 15 is 0 Å². The third-order valence-corrected chi connectivity index (χ3v) is 4.44. The molecule has 26 heavy (non-hydrogen) atoms. The molecule has 0 bridgehead atoms. The van der Waals surface area contributed by atoms with Crippen molar-refractivity contribution in [2.45, 2.75) is 12.3 Å². The minimum Gasteiger partial charge on any atom is -0.342 e. The number of hydrogen-bond acceptors (Lipinski definition) is 3. The maximum Gasteiger partial charge on any atom is 0.416 e. The quantitative estimate of drug-likeness (QED) is 0.774. The van der Waals surface area contributed by atoms with Gasteiger partial charge in [0.05, 0.1) is 5.56 Å². The van der Waals surface area contributed by atoms with E-state index in [-0.39, 0.29) is 6.17 Å². The minimum atomic E-state index is -4.37. The Bertz CT molecular complexity index is 885. The summed E-state index contributed by atoms with van der Waals surface area (Å²) in [5.41, 5.74) is 1.87. The second-order valence-corrected chi connectivity index (χ2v) is 6.14. The molecule has 4 rings (SSSR count). The zero-order valence-electron chi connectivity index (χ0n) is 13.8. The Morgan fingerprint density at radius 1 is 1.00 bits per heavy atom. The number of anilines is 1. The lowest BCUT2D eigenvalue weighted by molar-refractivity contribution is -0.137. The first-order chi connectivity index (χ1) is 12.5. The van der Waals surface area contributed by atoms with Crippen molar-refractivity contribution in [1.82, 2.24) is 5.01 Å². The van der Waals surface area contributed by atoms with E-state index in [1.807, 2.05) is 53.6 Å². The second-order valence-electron chi connectivity index (χ2n) is 6.14. The van der Waals surface area contributed by atoms with Gasteiger partial charge in [-0.3, -0.25) is 0 Å². The summed E-state index contributed by atoms with van der Waals surface area (Å²) in [6, 6.07) is 15.2. The zero-order chi connectivity index (χ0) is 18.1. The molecular formula is C20H16F3N3. The van der Waals surface area contributed by atoms with Crippen LogP contribution in [0.25, 0.3) is 5.57 Å². The Morgan fingerprint density at radius 2 is 1.81 bits per heavy atom. The number of allylic oxidation sites excluding steroid dienone is 1. The van der Waals surface area contributed by atoms with Crippen molar-refractivity contribution in [2.24, 2.45) is 5.10 Å². The summed E-state index contributed by atoms with van der Waals surface area (Å²) in [5, 5.41) is 6.13. The van der Waals surface area contributed by atoms with Crippen LogP contribution in [-0.2, 0) is 6.18 Å². The summed E-state index contributed by atoms with van der Waals surface area (Å²) in [5.74, 6) is 0. The lowest BCUT2D eigenvalue weighted by atomic mass is 10.0. The van der Waals surface area contributed by atoms with E-state index in [2.05, 4.69) is 5.10 Å². The highest BCUT2D eigenvalue weighted by Crippen LogP contribution is 2.35. The Balaban J connectivity index is 1.75. The van der Waals surface area contributed by atoms with Gasteiger partial charge in [0.1, 0.15) is 6.17 Å². The van der Waals surface area contributed by atoms with Crippen LogP contribution in [0.5, 0.6) is 0 Å². The van der Waals surface area contributed by atoms with Crippen molar-refractivity contribution in [3.8, 4) is 0 Å². The van der Waals surface area contributed by atoms with Gasteiger partial charge in [-0.05, 0) is 41.5 Å². The van der Waals surface area contributed by atoms with Gasteiger partial charge in [-0.2, -0.15) is 18.3 Å². The number of nitrogens with zero attached hydrogens (tertiary/aromatic N) is 3. The molecule has 0 saturated carbocycles. The van der Waals surface area contributed by atoms with E-state index in [0.717, 1.165) is 17.2 Å². The molecule has 2 aromatic rings. The summed E-state index contributed by atoms with van der Waals surface area (Å²) >= 11 is 0. The molecule has 0 fully saturated rings. The normalized spacial score (nSPS) is 19.3. The maximum atomic E-state index is 13.1. The van der Waals surface area contributed by atoms with Gasteiger partial charge in [-0.25, -0.2) is 5.01 Å². The number of hydrogen-bond donors (Lipinski definition) is 0. The Labute approximate surface area is 149 Å². The predicted molar refractivity (Wildman–Crippen MR) is 96.5 cm³/mol. The van der Waals surface area contributed by atoms with Crippen LogP contribution in [0.4, 0.5) is 18.9 Å². The van der Waals surface area contributed by atoms with Gasteiger partial charge in [0.15, 0.2) is 0 Å². The minimum absolute atomic E-state index is 0.254. The molecule has 132 valence electrons. The molecule has 0 aliphatic carbocycles. The molecule has 0 saturated heterocycles. The van der Waals surface area contributed by atoms with Gasteiger partial charge in [0.25, 0.3) is 0 Å². The fourth-order valence-electron chi connectivity index (χ4n) is 3.18. The highest BCUT2D eigenvalue weighted by atomic mass is 19.4. The number of alkyl halides is 3. The molecule has 0 aromatic heterocycles. The van der Waals surface area contributed by atoms with Crippen LogP contribution < -0.4 is 4.90 Å². The monoisotopic (exact) mass is 355 g/mol. The molecule has 2 aliphatic heterocycles. The van der Waals surface area contributed by atoms with Gasteiger partial charge in [-0.1, -0.05) is 36.4 Å². The van der Waals surface area contributed by atoms with Gasteiger partial charge < -0.3 is 4.90 Å². The molecule has 2 aliphatic rings. The van der Waals surface area contributed by atoms with Crippen molar-refractivity contribution in [1.29, 1.82) is 0 Å². The van der Waals surface area contributed by atoms with Crippen LogP contribution in [0.15, 0.2) is 78.1 Å². The summed E-state index contributed by atoms with van der Waals surface area (Å²) < 4.78 is 39.4. The number of benzene rings is 2.